The number of amides is 4. The Bertz CT molecular complexity index is 1120. The molecule has 0 bridgehead atoms. The highest BCUT2D eigenvalue weighted by Gasteiger charge is 2.34. The van der Waals surface area contributed by atoms with Crippen LogP contribution in [0.25, 0.3) is 6.08 Å². The predicted molar refractivity (Wildman–Crippen MR) is 131 cm³/mol. The molecule has 2 aromatic rings. The molecule has 0 aromatic heterocycles. The van der Waals surface area contributed by atoms with Crippen molar-refractivity contribution in [2.45, 2.75) is 27.7 Å². The number of anilines is 1. The molecule has 0 spiro atoms. The molecule has 0 saturated carbocycles. The lowest BCUT2D eigenvalue weighted by Crippen LogP contribution is -2.37. The lowest BCUT2D eigenvalue weighted by atomic mass is 9.95. The quantitative estimate of drug-likeness (QED) is 0.615. The molecule has 2 aromatic carbocycles. The van der Waals surface area contributed by atoms with Crippen molar-refractivity contribution in [3.63, 3.8) is 0 Å². The van der Waals surface area contributed by atoms with E-state index in [9.17, 15) is 19.2 Å². The van der Waals surface area contributed by atoms with E-state index in [-0.39, 0.29) is 36.1 Å². The Balaban J connectivity index is 1.57. The average Bonchev–Trinajstić information content (AvgIpc) is 3.02. The largest absolute Gasteiger partial charge is 0.350 e. The molecule has 1 aliphatic rings. The fourth-order valence-corrected chi connectivity index (χ4v) is 3.81. The summed E-state index contributed by atoms with van der Waals surface area (Å²) in [6.07, 6.45) is 1.69. The number of hydrogen-bond acceptors (Lipinski definition) is 5. The minimum absolute atomic E-state index is 0.0715. The maximum Gasteiger partial charge on any atom is 0.293 e. The number of benzene rings is 2. The van der Waals surface area contributed by atoms with E-state index in [1.165, 1.54) is 0 Å². The van der Waals surface area contributed by atoms with Crippen molar-refractivity contribution in [3.05, 3.63) is 70.1 Å². The molecule has 4 amide bonds. The Labute approximate surface area is 197 Å². The van der Waals surface area contributed by atoms with Crippen LogP contribution < -0.4 is 10.6 Å². The van der Waals surface area contributed by atoms with E-state index in [0.29, 0.717) is 16.2 Å². The van der Waals surface area contributed by atoms with Crippen LogP contribution in [0.3, 0.4) is 0 Å². The molecule has 0 unspecified atom stereocenters. The van der Waals surface area contributed by atoms with Crippen molar-refractivity contribution >= 4 is 46.5 Å². The molecule has 0 aliphatic carbocycles. The summed E-state index contributed by atoms with van der Waals surface area (Å²) in [4.78, 5) is 51.1. The van der Waals surface area contributed by atoms with Crippen LogP contribution in [0.2, 0.25) is 0 Å². The minimum Gasteiger partial charge on any atom is -0.350 e. The van der Waals surface area contributed by atoms with Crippen LogP contribution >= 0.6 is 11.8 Å². The molecule has 7 nitrogen and oxygen atoms in total. The van der Waals surface area contributed by atoms with E-state index < -0.39 is 5.41 Å². The molecular weight excluding hydrogens is 438 g/mol. The van der Waals surface area contributed by atoms with Gasteiger partial charge in [-0.15, -0.1) is 0 Å². The molecule has 2 N–H and O–H groups in total. The van der Waals surface area contributed by atoms with Crippen molar-refractivity contribution in [1.29, 1.82) is 0 Å². The summed E-state index contributed by atoms with van der Waals surface area (Å²) in [6.45, 7) is 7.58. The Morgan fingerprint density at radius 3 is 2.42 bits per heavy atom. The van der Waals surface area contributed by atoms with Gasteiger partial charge < -0.3 is 10.6 Å². The molecular formula is C25H27N3O4S. The van der Waals surface area contributed by atoms with Crippen LogP contribution in [0, 0.1) is 12.3 Å². The van der Waals surface area contributed by atoms with Gasteiger partial charge in [0.1, 0.15) is 0 Å². The second-order valence-electron chi connectivity index (χ2n) is 8.78. The fraction of sp³-hybridized carbons (Fsp3) is 0.280. The Kier molecular flexibility index (Phi) is 7.38. The van der Waals surface area contributed by atoms with Gasteiger partial charge in [-0.3, -0.25) is 24.1 Å². The van der Waals surface area contributed by atoms with Gasteiger partial charge in [-0.25, -0.2) is 0 Å². The maximum absolute atomic E-state index is 12.6. The lowest BCUT2D eigenvalue weighted by Gasteiger charge is -2.18. The molecule has 8 heteroatoms. The molecule has 0 atom stereocenters. The number of thioether (sulfide) groups is 1. The van der Waals surface area contributed by atoms with Crippen LogP contribution in [0.15, 0.2) is 53.4 Å². The molecule has 1 saturated heterocycles. The third-order valence-electron chi connectivity index (χ3n) is 4.93. The Morgan fingerprint density at radius 2 is 1.76 bits per heavy atom. The van der Waals surface area contributed by atoms with Crippen LogP contribution in [-0.2, 0) is 9.59 Å². The van der Waals surface area contributed by atoms with Crippen LogP contribution in [-0.4, -0.2) is 41.0 Å². The van der Waals surface area contributed by atoms with Crippen molar-refractivity contribution < 1.29 is 19.2 Å². The molecule has 33 heavy (non-hydrogen) atoms. The highest BCUT2D eigenvalue weighted by molar-refractivity contribution is 8.18. The monoisotopic (exact) mass is 465 g/mol. The van der Waals surface area contributed by atoms with Gasteiger partial charge >= 0.3 is 0 Å². The van der Waals surface area contributed by atoms with Gasteiger partial charge in [-0.05, 0) is 48.5 Å². The molecule has 3 rings (SSSR count). The topological polar surface area (TPSA) is 95.6 Å². The smallest absolute Gasteiger partial charge is 0.293 e. The normalized spacial score (nSPS) is 15.2. The highest BCUT2D eigenvalue weighted by Crippen LogP contribution is 2.31. The Hall–Kier alpha value is -3.39. The average molecular weight is 466 g/mol. The van der Waals surface area contributed by atoms with Crippen LogP contribution in [0.5, 0.6) is 0 Å². The zero-order valence-corrected chi connectivity index (χ0v) is 19.9. The minimum atomic E-state index is -0.558. The second kappa shape index (κ2) is 10.0. The fourth-order valence-electron chi connectivity index (χ4n) is 2.95. The zero-order valence-electron chi connectivity index (χ0n) is 19.1. The Morgan fingerprint density at radius 1 is 1.06 bits per heavy atom. The number of nitrogens with zero attached hydrogens (tertiary/aromatic N) is 1. The summed E-state index contributed by atoms with van der Waals surface area (Å²) in [5.74, 6) is -0.881. The zero-order chi connectivity index (χ0) is 24.2. The molecule has 172 valence electrons. The van der Waals surface area contributed by atoms with E-state index in [1.54, 1.807) is 51.1 Å². The van der Waals surface area contributed by atoms with Gasteiger partial charge in [-0.1, -0.05) is 56.7 Å². The van der Waals surface area contributed by atoms with E-state index in [0.717, 1.165) is 27.8 Å². The highest BCUT2D eigenvalue weighted by atomic mass is 32.2. The SMILES string of the molecule is Cc1ccc(/C=C2\SC(=O)N(CCNC(=O)c3cccc(NC(=O)C(C)(C)C)c3)C2=O)cc1. The summed E-state index contributed by atoms with van der Waals surface area (Å²) in [5, 5.41) is 5.15. The third kappa shape index (κ3) is 6.32. The summed E-state index contributed by atoms with van der Waals surface area (Å²) in [6, 6.07) is 14.3. The van der Waals surface area contributed by atoms with E-state index in [1.807, 2.05) is 31.2 Å². The van der Waals surface area contributed by atoms with Gasteiger partial charge in [0.2, 0.25) is 5.91 Å². The van der Waals surface area contributed by atoms with E-state index >= 15 is 0 Å². The number of nitrogens with one attached hydrogen (secondary N) is 2. The van der Waals surface area contributed by atoms with Gasteiger partial charge in [0, 0.05) is 29.8 Å². The first-order valence-corrected chi connectivity index (χ1v) is 11.4. The summed E-state index contributed by atoms with van der Waals surface area (Å²) in [7, 11) is 0. The number of carbonyl (C=O) groups is 4. The second-order valence-corrected chi connectivity index (χ2v) is 9.78. The molecule has 0 radical (unpaired) electrons. The number of aryl methyl sites for hydroxylation is 1. The lowest BCUT2D eigenvalue weighted by molar-refractivity contribution is -0.123. The number of hydrogen-bond donors (Lipinski definition) is 2. The standard InChI is InChI=1S/C25H27N3O4S/c1-16-8-10-17(11-9-16)14-20-22(30)28(24(32)33-20)13-12-26-21(29)18-6-5-7-19(15-18)27-23(31)25(2,3)4/h5-11,14-15H,12-13H2,1-4H3,(H,26,29)(H,27,31)/b20-14-. The van der Waals surface area contributed by atoms with Gasteiger partial charge in [0.25, 0.3) is 17.1 Å². The summed E-state index contributed by atoms with van der Waals surface area (Å²) >= 11 is 0.891. The van der Waals surface area contributed by atoms with Crippen molar-refractivity contribution in [3.8, 4) is 0 Å². The van der Waals surface area contributed by atoms with Crippen molar-refractivity contribution in [1.82, 2.24) is 10.2 Å². The van der Waals surface area contributed by atoms with Crippen molar-refractivity contribution in [2.24, 2.45) is 5.41 Å². The third-order valence-corrected chi connectivity index (χ3v) is 5.84. The number of rotatable bonds is 6. The predicted octanol–water partition coefficient (Wildman–Crippen LogP) is 4.45. The first kappa shape index (κ1) is 24.3. The van der Waals surface area contributed by atoms with Crippen LogP contribution in [0.1, 0.15) is 42.3 Å². The molecule has 1 fully saturated rings. The number of imide groups is 1. The van der Waals surface area contributed by atoms with Gasteiger partial charge in [0.15, 0.2) is 0 Å². The summed E-state index contributed by atoms with van der Waals surface area (Å²) in [5.41, 5.74) is 2.29. The van der Waals surface area contributed by atoms with Crippen molar-refractivity contribution in [2.75, 3.05) is 18.4 Å². The van der Waals surface area contributed by atoms with Gasteiger partial charge in [-0.2, -0.15) is 0 Å². The van der Waals surface area contributed by atoms with Gasteiger partial charge in [0.05, 0.1) is 4.91 Å². The maximum atomic E-state index is 12.6. The van der Waals surface area contributed by atoms with E-state index in [2.05, 4.69) is 10.6 Å². The van der Waals surface area contributed by atoms with E-state index in [4.69, 9.17) is 0 Å². The first-order valence-electron chi connectivity index (χ1n) is 10.6. The summed E-state index contributed by atoms with van der Waals surface area (Å²) < 4.78 is 0. The van der Waals surface area contributed by atoms with Crippen LogP contribution in [0.4, 0.5) is 10.5 Å². The molecule has 1 aliphatic heterocycles. The number of carbonyl (C=O) groups excluding carboxylic acids is 4. The molecule has 1 heterocycles. The first-order chi connectivity index (χ1) is 15.5.